The maximum absolute atomic E-state index is 13.1. The number of carbonyl (C=O) groups is 1. The van der Waals surface area contributed by atoms with E-state index in [1.165, 1.54) is 11.3 Å². The van der Waals surface area contributed by atoms with Crippen LogP contribution in [0.1, 0.15) is 21.7 Å². The van der Waals surface area contributed by atoms with Crippen LogP contribution in [0.3, 0.4) is 0 Å². The van der Waals surface area contributed by atoms with Crippen LogP contribution in [0, 0.1) is 0 Å². The Balaban J connectivity index is 1.54. The van der Waals surface area contributed by atoms with E-state index >= 15 is 0 Å². The van der Waals surface area contributed by atoms with Crippen molar-refractivity contribution in [3.05, 3.63) is 112 Å². The molecule has 4 nitrogen and oxygen atoms in total. The van der Waals surface area contributed by atoms with Gasteiger partial charge in [-0.2, -0.15) is 0 Å². The number of benzene rings is 3. The summed E-state index contributed by atoms with van der Waals surface area (Å²) in [5, 5.41) is 13.2. The molecule has 1 amide bonds. The van der Waals surface area contributed by atoms with Crippen LogP contribution >= 0.6 is 22.9 Å². The number of nitrogens with zero attached hydrogens (tertiary/aromatic N) is 2. The molecule has 0 aliphatic heterocycles. The van der Waals surface area contributed by atoms with Gasteiger partial charge < -0.3 is 0 Å². The average Bonchev–Trinajstić information content (AvgIpc) is 3.21. The van der Waals surface area contributed by atoms with Crippen molar-refractivity contribution in [1.29, 1.82) is 0 Å². The SMILES string of the molecule is O=C(Nc1nnc(Cc2ccc(Cl)cc2)s1)/C(=C/c1ccccc1)c1ccccc1. The second kappa shape index (κ2) is 9.48. The third kappa shape index (κ3) is 5.20. The molecule has 1 aromatic heterocycles. The van der Waals surface area contributed by atoms with Crippen molar-refractivity contribution >= 4 is 45.6 Å². The molecule has 6 heteroatoms. The first-order valence-electron chi connectivity index (χ1n) is 9.38. The van der Waals surface area contributed by atoms with Crippen LogP contribution in [0.4, 0.5) is 5.13 Å². The van der Waals surface area contributed by atoms with Crippen LogP contribution in [0.2, 0.25) is 5.02 Å². The van der Waals surface area contributed by atoms with E-state index in [2.05, 4.69) is 15.5 Å². The number of nitrogens with one attached hydrogen (secondary N) is 1. The van der Waals surface area contributed by atoms with E-state index < -0.39 is 0 Å². The molecular weight excluding hydrogens is 414 g/mol. The number of rotatable bonds is 6. The van der Waals surface area contributed by atoms with E-state index in [0.29, 0.717) is 22.1 Å². The molecule has 0 bridgehead atoms. The second-order valence-electron chi connectivity index (χ2n) is 6.59. The number of halogens is 1. The summed E-state index contributed by atoms with van der Waals surface area (Å²) in [5.41, 5.74) is 3.44. The number of aromatic nitrogens is 2. The molecule has 0 saturated carbocycles. The summed E-state index contributed by atoms with van der Waals surface area (Å²) in [5.74, 6) is -0.223. The lowest BCUT2D eigenvalue weighted by atomic mass is 10.0. The minimum atomic E-state index is -0.223. The molecule has 0 aliphatic rings. The Hall–Kier alpha value is -3.28. The summed E-state index contributed by atoms with van der Waals surface area (Å²) in [7, 11) is 0. The lowest BCUT2D eigenvalue weighted by Gasteiger charge is -2.07. The van der Waals surface area contributed by atoms with Gasteiger partial charge in [-0.05, 0) is 34.9 Å². The highest BCUT2D eigenvalue weighted by molar-refractivity contribution is 7.15. The highest BCUT2D eigenvalue weighted by Crippen LogP contribution is 2.23. The third-order valence-corrected chi connectivity index (χ3v) is 5.49. The monoisotopic (exact) mass is 431 g/mol. The number of anilines is 1. The molecule has 0 saturated heterocycles. The number of carbonyl (C=O) groups excluding carboxylic acids is 1. The van der Waals surface area contributed by atoms with Gasteiger partial charge in [0.15, 0.2) is 0 Å². The van der Waals surface area contributed by atoms with E-state index in [-0.39, 0.29) is 5.91 Å². The van der Waals surface area contributed by atoms with Gasteiger partial charge in [0.05, 0.1) is 0 Å². The predicted molar refractivity (Wildman–Crippen MR) is 124 cm³/mol. The molecule has 0 fully saturated rings. The Labute approximate surface area is 183 Å². The van der Waals surface area contributed by atoms with Gasteiger partial charge in [-0.25, -0.2) is 0 Å². The second-order valence-corrected chi connectivity index (χ2v) is 8.09. The lowest BCUT2D eigenvalue weighted by molar-refractivity contribution is -0.111. The maximum atomic E-state index is 13.1. The van der Waals surface area contributed by atoms with Crippen molar-refractivity contribution in [2.75, 3.05) is 5.32 Å². The molecule has 4 aromatic rings. The van der Waals surface area contributed by atoms with Gasteiger partial charge >= 0.3 is 0 Å². The summed E-state index contributed by atoms with van der Waals surface area (Å²) in [6.07, 6.45) is 2.51. The van der Waals surface area contributed by atoms with Crippen molar-refractivity contribution in [1.82, 2.24) is 10.2 Å². The van der Waals surface area contributed by atoms with Crippen molar-refractivity contribution < 1.29 is 4.79 Å². The molecule has 1 heterocycles. The highest BCUT2D eigenvalue weighted by Gasteiger charge is 2.15. The molecule has 30 heavy (non-hydrogen) atoms. The first-order valence-corrected chi connectivity index (χ1v) is 10.6. The largest absolute Gasteiger partial charge is 0.296 e. The van der Waals surface area contributed by atoms with Crippen molar-refractivity contribution in [2.45, 2.75) is 6.42 Å². The third-order valence-electron chi connectivity index (χ3n) is 4.40. The van der Waals surface area contributed by atoms with Gasteiger partial charge in [-0.3, -0.25) is 10.1 Å². The fourth-order valence-electron chi connectivity index (χ4n) is 2.93. The average molecular weight is 432 g/mol. The Bertz CT molecular complexity index is 1160. The molecule has 3 aromatic carbocycles. The standard InChI is InChI=1S/C24H18ClN3OS/c25-20-13-11-18(12-14-20)16-22-27-28-24(30-22)26-23(29)21(19-9-5-2-6-10-19)15-17-7-3-1-4-8-17/h1-15H,16H2,(H,26,28,29)/b21-15+. The van der Waals surface area contributed by atoms with Crippen LogP contribution in [0.5, 0.6) is 0 Å². The summed E-state index contributed by atoms with van der Waals surface area (Å²) in [4.78, 5) is 13.1. The number of hydrogen-bond donors (Lipinski definition) is 1. The van der Waals surface area contributed by atoms with Crippen LogP contribution in [0.15, 0.2) is 84.9 Å². The molecule has 0 unspecified atom stereocenters. The van der Waals surface area contributed by atoms with Gasteiger partial charge in [-0.1, -0.05) is 95.7 Å². The quantitative estimate of drug-likeness (QED) is 0.302. The van der Waals surface area contributed by atoms with Gasteiger partial charge in [-0.15, -0.1) is 10.2 Å². The molecule has 148 valence electrons. The zero-order valence-electron chi connectivity index (χ0n) is 16.0. The van der Waals surface area contributed by atoms with Gasteiger partial charge in [0, 0.05) is 17.0 Å². The van der Waals surface area contributed by atoms with Crippen LogP contribution in [0.25, 0.3) is 11.6 Å². The van der Waals surface area contributed by atoms with E-state index in [9.17, 15) is 4.79 Å². The van der Waals surface area contributed by atoms with Crippen LogP contribution < -0.4 is 5.32 Å². The van der Waals surface area contributed by atoms with E-state index in [0.717, 1.165) is 21.7 Å². The first-order chi connectivity index (χ1) is 14.7. The van der Waals surface area contributed by atoms with E-state index in [4.69, 9.17) is 11.6 Å². The molecule has 0 aliphatic carbocycles. The minimum Gasteiger partial charge on any atom is -0.296 e. The zero-order chi connectivity index (χ0) is 20.8. The van der Waals surface area contributed by atoms with E-state index in [1.807, 2.05) is 91.0 Å². The first kappa shape index (κ1) is 20.0. The summed E-state index contributed by atoms with van der Waals surface area (Å²) in [6.45, 7) is 0. The Kier molecular flexibility index (Phi) is 6.32. The van der Waals surface area contributed by atoms with Crippen LogP contribution in [-0.2, 0) is 11.2 Å². The molecule has 0 radical (unpaired) electrons. The summed E-state index contributed by atoms with van der Waals surface area (Å²) < 4.78 is 0. The fourth-order valence-corrected chi connectivity index (χ4v) is 3.83. The van der Waals surface area contributed by atoms with Gasteiger partial charge in [0.25, 0.3) is 5.91 Å². The number of hydrogen-bond acceptors (Lipinski definition) is 4. The lowest BCUT2D eigenvalue weighted by Crippen LogP contribution is -2.13. The number of amides is 1. The Morgan fingerprint density at radius 3 is 2.27 bits per heavy atom. The van der Waals surface area contributed by atoms with Gasteiger partial charge in [0.2, 0.25) is 5.13 Å². The smallest absolute Gasteiger partial charge is 0.258 e. The maximum Gasteiger partial charge on any atom is 0.258 e. The molecule has 1 N–H and O–H groups in total. The zero-order valence-corrected chi connectivity index (χ0v) is 17.5. The molecule has 0 atom stereocenters. The van der Waals surface area contributed by atoms with Crippen molar-refractivity contribution in [3.8, 4) is 0 Å². The van der Waals surface area contributed by atoms with Crippen molar-refractivity contribution in [2.24, 2.45) is 0 Å². The van der Waals surface area contributed by atoms with Crippen LogP contribution in [-0.4, -0.2) is 16.1 Å². The van der Waals surface area contributed by atoms with Crippen molar-refractivity contribution in [3.63, 3.8) is 0 Å². The normalized spacial score (nSPS) is 11.3. The van der Waals surface area contributed by atoms with Gasteiger partial charge in [0.1, 0.15) is 5.01 Å². The predicted octanol–water partition coefficient (Wildman–Crippen LogP) is 5.96. The topological polar surface area (TPSA) is 54.9 Å². The Morgan fingerprint density at radius 1 is 0.900 bits per heavy atom. The highest BCUT2D eigenvalue weighted by atomic mass is 35.5. The fraction of sp³-hybridized carbons (Fsp3) is 0.0417. The van der Waals surface area contributed by atoms with E-state index in [1.54, 1.807) is 0 Å². The molecule has 0 spiro atoms. The molecule has 4 rings (SSSR count). The molecular formula is C24H18ClN3OS. The minimum absolute atomic E-state index is 0.223. The summed E-state index contributed by atoms with van der Waals surface area (Å²) in [6, 6.07) is 27.0. The summed E-state index contributed by atoms with van der Waals surface area (Å²) >= 11 is 7.30. The Morgan fingerprint density at radius 2 is 1.57 bits per heavy atom.